The summed E-state index contributed by atoms with van der Waals surface area (Å²) in [4.78, 5) is 52.1. The SMILES string of the molecule is CN(Cc1ccc(F)cc1F)C(=O)c1cn(-c2ccc3c(c2)C(=O)N(C2CCC(=O)NC2=O)C3)nn1. The van der Waals surface area contributed by atoms with E-state index in [1.807, 2.05) is 0 Å². The predicted molar refractivity (Wildman–Crippen MR) is 120 cm³/mol. The number of benzene rings is 2. The van der Waals surface area contributed by atoms with E-state index in [0.717, 1.165) is 17.7 Å². The van der Waals surface area contributed by atoms with Crippen LogP contribution in [0.5, 0.6) is 0 Å². The van der Waals surface area contributed by atoms with Crippen molar-refractivity contribution >= 4 is 23.6 Å². The van der Waals surface area contributed by atoms with Gasteiger partial charge in [-0.05, 0) is 30.2 Å². The van der Waals surface area contributed by atoms with Crippen LogP contribution in [0.15, 0.2) is 42.6 Å². The van der Waals surface area contributed by atoms with Gasteiger partial charge in [0.15, 0.2) is 5.69 Å². The van der Waals surface area contributed by atoms with Crippen molar-refractivity contribution in [3.63, 3.8) is 0 Å². The van der Waals surface area contributed by atoms with Crippen molar-refractivity contribution in [1.82, 2.24) is 30.1 Å². The minimum atomic E-state index is -0.757. The Kier molecular flexibility index (Phi) is 5.78. The Morgan fingerprint density at radius 3 is 2.72 bits per heavy atom. The fourth-order valence-corrected chi connectivity index (χ4v) is 4.35. The van der Waals surface area contributed by atoms with Crippen molar-refractivity contribution in [2.75, 3.05) is 7.05 Å². The first-order valence-corrected chi connectivity index (χ1v) is 11.1. The molecule has 10 nitrogen and oxygen atoms in total. The Morgan fingerprint density at radius 2 is 1.97 bits per heavy atom. The molecule has 1 N–H and O–H groups in total. The standard InChI is InChI=1S/C24H20F2N6O4/c1-30(10-14-2-4-15(25)8-18(14)26)24(36)19-12-32(29-28-19)16-5-3-13-11-31(23(35)17(13)9-16)20-6-7-21(33)27-22(20)34/h2-5,8-9,12,20H,6-7,10-11H2,1H3,(H,27,33,34). The van der Waals surface area contributed by atoms with Crippen LogP contribution in [0.4, 0.5) is 8.78 Å². The maximum absolute atomic E-state index is 13.9. The zero-order valence-electron chi connectivity index (χ0n) is 19.1. The molecule has 3 aromatic rings. The van der Waals surface area contributed by atoms with Gasteiger partial charge in [-0.2, -0.15) is 0 Å². The molecular weight excluding hydrogens is 474 g/mol. The average Bonchev–Trinajstić information content (AvgIpc) is 3.45. The molecule has 36 heavy (non-hydrogen) atoms. The summed E-state index contributed by atoms with van der Waals surface area (Å²) in [5.41, 5.74) is 1.75. The molecule has 0 saturated carbocycles. The van der Waals surface area contributed by atoms with Crippen LogP contribution in [-0.2, 0) is 22.7 Å². The molecule has 3 heterocycles. The second-order valence-electron chi connectivity index (χ2n) is 8.69. The number of carbonyl (C=O) groups excluding carboxylic acids is 4. The lowest BCUT2D eigenvalue weighted by Gasteiger charge is -2.29. The van der Waals surface area contributed by atoms with Crippen LogP contribution in [-0.4, -0.2) is 61.5 Å². The van der Waals surface area contributed by atoms with E-state index in [4.69, 9.17) is 0 Å². The van der Waals surface area contributed by atoms with Gasteiger partial charge in [-0.15, -0.1) is 5.10 Å². The minimum Gasteiger partial charge on any atom is -0.336 e. The molecule has 4 amide bonds. The quantitative estimate of drug-likeness (QED) is 0.539. The maximum atomic E-state index is 13.9. The predicted octanol–water partition coefficient (Wildman–Crippen LogP) is 1.58. The van der Waals surface area contributed by atoms with Gasteiger partial charge in [0.05, 0.1) is 11.9 Å². The summed E-state index contributed by atoms with van der Waals surface area (Å²) >= 11 is 0. The van der Waals surface area contributed by atoms with Crippen LogP contribution in [0.1, 0.15) is 44.8 Å². The van der Waals surface area contributed by atoms with Crippen LogP contribution in [0.2, 0.25) is 0 Å². The number of piperidine rings is 1. The second-order valence-corrected chi connectivity index (χ2v) is 8.69. The van der Waals surface area contributed by atoms with E-state index in [-0.39, 0.29) is 49.0 Å². The smallest absolute Gasteiger partial charge is 0.276 e. The van der Waals surface area contributed by atoms with Gasteiger partial charge in [0, 0.05) is 43.8 Å². The molecule has 12 heteroatoms. The highest BCUT2D eigenvalue weighted by Crippen LogP contribution is 2.29. The number of fused-ring (bicyclic) bond motifs is 1. The molecule has 0 bridgehead atoms. The first-order valence-electron chi connectivity index (χ1n) is 11.1. The summed E-state index contributed by atoms with van der Waals surface area (Å²) in [7, 11) is 1.46. The first kappa shape index (κ1) is 23.3. The molecule has 1 fully saturated rings. The maximum Gasteiger partial charge on any atom is 0.276 e. The van der Waals surface area contributed by atoms with Crippen molar-refractivity contribution in [1.29, 1.82) is 0 Å². The first-order chi connectivity index (χ1) is 17.2. The Hall–Kier alpha value is -4.48. The highest BCUT2D eigenvalue weighted by molar-refractivity contribution is 6.05. The lowest BCUT2D eigenvalue weighted by Crippen LogP contribution is -2.52. The summed E-state index contributed by atoms with van der Waals surface area (Å²) in [6.07, 6.45) is 1.82. The van der Waals surface area contributed by atoms with E-state index in [9.17, 15) is 28.0 Å². The van der Waals surface area contributed by atoms with Gasteiger partial charge in [-0.25, -0.2) is 13.5 Å². The van der Waals surface area contributed by atoms with Crippen molar-refractivity contribution < 1.29 is 28.0 Å². The highest BCUT2D eigenvalue weighted by atomic mass is 19.1. The third-order valence-corrected chi connectivity index (χ3v) is 6.26. The summed E-state index contributed by atoms with van der Waals surface area (Å²) in [6, 6.07) is 7.46. The van der Waals surface area contributed by atoms with Crippen molar-refractivity contribution in [3.8, 4) is 5.69 Å². The monoisotopic (exact) mass is 494 g/mol. The van der Waals surface area contributed by atoms with E-state index in [2.05, 4.69) is 15.6 Å². The second kappa shape index (κ2) is 8.95. The van der Waals surface area contributed by atoms with Gasteiger partial charge in [0.25, 0.3) is 11.8 Å². The molecule has 1 unspecified atom stereocenters. The van der Waals surface area contributed by atoms with Gasteiger partial charge in [-0.1, -0.05) is 17.3 Å². The van der Waals surface area contributed by atoms with E-state index < -0.39 is 29.5 Å². The number of aromatic nitrogens is 3. The number of nitrogens with one attached hydrogen (secondary N) is 1. The lowest BCUT2D eigenvalue weighted by atomic mass is 10.0. The Labute approximate surface area is 203 Å². The van der Waals surface area contributed by atoms with E-state index in [1.54, 1.807) is 18.2 Å². The van der Waals surface area contributed by atoms with Crippen molar-refractivity contribution in [2.24, 2.45) is 0 Å². The molecule has 0 spiro atoms. The molecule has 1 saturated heterocycles. The molecule has 5 rings (SSSR count). The summed E-state index contributed by atoms with van der Waals surface area (Å²) in [5.74, 6) is -3.16. The summed E-state index contributed by atoms with van der Waals surface area (Å²) < 4.78 is 28.4. The van der Waals surface area contributed by atoms with Crippen LogP contribution in [0, 0.1) is 11.6 Å². The van der Waals surface area contributed by atoms with E-state index in [1.165, 1.54) is 33.8 Å². The Bertz CT molecular complexity index is 1420. The van der Waals surface area contributed by atoms with Crippen LogP contribution < -0.4 is 5.32 Å². The molecule has 0 radical (unpaired) electrons. The molecule has 0 aliphatic carbocycles. The van der Waals surface area contributed by atoms with Crippen molar-refractivity contribution in [2.45, 2.75) is 32.0 Å². The summed E-state index contributed by atoms with van der Waals surface area (Å²) in [5, 5.41) is 10.1. The Balaban J connectivity index is 1.31. The van der Waals surface area contributed by atoms with Gasteiger partial charge < -0.3 is 9.80 Å². The largest absolute Gasteiger partial charge is 0.336 e. The fraction of sp³-hybridized carbons (Fsp3) is 0.250. The number of hydrogen-bond donors (Lipinski definition) is 1. The number of carbonyl (C=O) groups is 4. The third kappa shape index (κ3) is 4.21. The topological polar surface area (TPSA) is 118 Å². The lowest BCUT2D eigenvalue weighted by molar-refractivity contribution is -0.136. The van der Waals surface area contributed by atoms with Gasteiger partial charge in [0.2, 0.25) is 11.8 Å². The van der Waals surface area contributed by atoms with Crippen LogP contribution in [0.3, 0.4) is 0 Å². The highest BCUT2D eigenvalue weighted by Gasteiger charge is 2.39. The number of hydrogen-bond acceptors (Lipinski definition) is 6. The van der Waals surface area contributed by atoms with E-state index in [0.29, 0.717) is 11.3 Å². The molecule has 1 atom stereocenters. The van der Waals surface area contributed by atoms with Gasteiger partial charge in [-0.3, -0.25) is 24.5 Å². The normalized spacial score (nSPS) is 17.2. The van der Waals surface area contributed by atoms with Gasteiger partial charge >= 0.3 is 0 Å². The number of rotatable bonds is 5. The molecule has 2 aromatic carbocycles. The molecule has 2 aliphatic rings. The molecular formula is C24H20F2N6O4. The Morgan fingerprint density at radius 1 is 1.17 bits per heavy atom. The number of imide groups is 1. The summed E-state index contributed by atoms with van der Waals surface area (Å²) in [6.45, 7) is 0.147. The third-order valence-electron chi connectivity index (χ3n) is 6.26. The molecule has 1 aromatic heterocycles. The zero-order chi connectivity index (χ0) is 25.6. The molecule has 184 valence electrons. The minimum absolute atomic E-state index is 0.00276. The number of amides is 4. The number of halogens is 2. The molecule has 2 aliphatic heterocycles. The average molecular weight is 494 g/mol. The fourth-order valence-electron chi connectivity index (χ4n) is 4.35. The number of nitrogens with zero attached hydrogens (tertiary/aromatic N) is 5. The van der Waals surface area contributed by atoms with Crippen molar-refractivity contribution in [3.05, 3.63) is 76.6 Å². The van der Waals surface area contributed by atoms with Gasteiger partial charge in [0.1, 0.15) is 17.7 Å². The zero-order valence-corrected chi connectivity index (χ0v) is 19.1. The van der Waals surface area contributed by atoms with E-state index >= 15 is 0 Å². The van der Waals surface area contributed by atoms with Crippen LogP contribution in [0.25, 0.3) is 5.69 Å². The van der Waals surface area contributed by atoms with Crippen LogP contribution >= 0.6 is 0 Å².